The maximum absolute atomic E-state index is 12.3. The van der Waals surface area contributed by atoms with E-state index < -0.39 is 16.4 Å². The van der Waals surface area contributed by atoms with Crippen LogP contribution in [0.3, 0.4) is 0 Å². The fraction of sp³-hybridized carbons (Fsp3) is 0.455. The topological polar surface area (TPSA) is 46.2 Å². The van der Waals surface area contributed by atoms with E-state index in [1.165, 1.54) is 24.3 Å². The van der Waals surface area contributed by atoms with Gasteiger partial charge in [-0.3, -0.25) is 0 Å². The van der Waals surface area contributed by atoms with Crippen LogP contribution >= 0.6 is 0 Å². The summed E-state index contributed by atoms with van der Waals surface area (Å²) in [6.07, 6.45) is -2.53. The fourth-order valence-electron chi connectivity index (χ4n) is 1.38. The molecule has 3 nitrogen and oxygen atoms in total. The maximum Gasteiger partial charge on any atom is 0.263 e. The summed E-state index contributed by atoms with van der Waals surface area (Å²) in [4.78, 5) is 0. The SMILES string of the molecule is CC(C)NS(=O)(=O)Cc1ccc(C(F)F)cc1. The molecule has 0 saturated carbocycles. The minimum absolute atomic E-state index is 0.108. The van der Waals surface area contributed by atoms with E-state index in [9.17, 15) is 17.2 Å². The number of rotatable bonds is 5. The zero-order valence-corrected chi connectivity index (χ0v) is 10.5. The lowest BCUT2D eigenvalue weighted by Crippen LogP contribution is -2.31. The van der Waals surface area contributed by atoms with Gasteiger partial charge in [-0.25, -0.2) is 21.9 Å². The van der Waals surface area contributed by atoms with Crippen LogP contribution in [-0.2, 0) is 15.8 Å². The predicted octanol–water partition coefficient (Wildman–Crippen LogP) is 2.45. The molecule has 1 aromatic rings. The van der Waals surface area contributed by atoms with Gasteiger partial charge < -0.3 is 0 Å². The standard InChI is InChI=1S/C11H15F2NO2S/c1-8(2)14-17(15,16)7-9-3-5-10(6-4-9)11(12)13/h3-6,8,11,14H,7H2,1-2H3. The lowest BCUT2D eigenvalue weighted by Gasteiger charge is -2.09. The first-order chi connectivity index (χ1) is 7.80. The first-order valence-electron chi connectivity index (χ1n) is 5.17. The molecule has 0 fully saturated rings. The lowest BCUT2D eigenvalue weighted by molar-refractivity contribution is 0.151. The summed E-state index contributed by atoms with van der Waals surface area (Å²) in [7, 11) is -3.40. The highest BCUT2D eigenvalue weighted by Crippen LogP contribution is 2.19. The van der Waals surface area contributed by atoms with Gasteiger partial charge in [-0.15, -0.1) is 0 Å². The molecule has 0 unspecified atom stereocenters. The van der Waals surface area contributed by atoms with Crippen LogP contribution in [0.5, 0.6) is 0 Å². The molecule has 0 saturated heterocycles. The lowest BCUT2D eigenvalue weighted by atomic mass is 10.2. The molecule has 6 heteroatoms. The second-order valence-corrected chi connectivity index (χ2v) is 5.83. The molecule has 96 valence electrons. The summed E-state index contributed by atoms with van der Waals surface area (Å²) in [6, 6.07) is 5.11. The molecule has 0 heterocycles. The average molecular weight is 263 g/mol. The van der Waals surface area contributed by atoms with Crippen molar-refractivity contribution in [2.75, 3.05) is 0 Å². The Bertz CT molecular complexity index is 455. The number of alkyl halides is 2. The molecular formula is C11H15F2NO2S. The van der Waals surface area contributed by atoms with Crippen LogP contribution in [0.1, 0.15) is 31.4 Å². The van der Waals surface area contributed by atoms with E-state index >= 15 is 0 Å². The first kappa shape index (κ1) is 14.1. The number of hydrogen-bond donors (Lipinski definition) is 1. The molecule has 1 rings (SSSR count). The van der Waals surface area contributed by atoms with E-state index in [-0.39, 0.29) is 17.4 Å². The molecule has 0 spiro atoms. The van der Waals surface area contributed by atoms with Crippen molar-refractivity contribution in [2.45, 2.75) is 32.1 Å². The normalized spacial score (nSPS) is 12.4. The summed E-state index contributed by atoms with van der Waals surface area (Å²) in [5, 5.41) is 0. The van der Waals surface area contributed by atoms with Crippen molar-refractivity contribution >= 4 is 10.0 Å². The van der Waals surface area contributed by atoms with E-state index in [2.05, 4.69) is 4.72 Å². The van der Waals surface area contributed by atoms with Crippen LogP contribution in [0.25, 0.3) is 0 Å². The van der Waals surface area contributed by atoms with Crippen molar-refractivity contribution in [3.63, 3.8) is 0 Å². The Morgan fingerprint density at radius 2 is 1.71 bits per heavy atom. The first-order valence-corrected chi connectivity index (χ1v) is 6.82. The molecule has 0 amide bonds. The van der Waals surface area contributed by atoms with Gasteiger partial charge in [-0.05, 0) is 19.4 Å². The summed E-state index contributed by atoms with van der Waals surface area (Å²) in [5.74, 6) is -0.200. The Morgan fingerprint density at radius 1 is 1.18 bits per heavy atom. The summed E-state index contributed by atoms with van der Waals surface area (Å²) >= 11 is 0. The highest BCUT2D eigenvalue weighted by molar-refractivity contribution is 7.88. The van der Waals surface area contributed by atoms with E-state index in [0.29, 0.717) is 5.56 Å². The maximum atomic E-state index is 12.3. The highest BCUT2D eigenvalue weighted by Gasteiger charge is 2.13. The monoisotopic (exact) mass is 263 g/mol. The quantitative estimate of drug-likeness (QED) is 0.887. The molecule has 0 bridgehead atoms. The molecule has 0 aliphatic carbocycles. The minimum atomic E-state index is -3.40. The van der Waals surface area contributed by atoms with Gasteiger partial charge in [-0.2, -0.15) is 0 Å². The van der Waals surface area contributed by atoms with Crippen molar-refractivity contribution in [2.24, 2.45) is 0 Å². The zero-order chi connectivity index (χ0) is 13.1. The third-order valence-corrected chi connectivity index (χ3v) is 3.55. The van der Waals surface area contributed by atoms with Crippen LogP contribution in [0, 0.1) is 0 Å². The predicted molar refractivity (Wildman–Crippen MR) is 62.3 cm³/mol. The van der Waals surface area contributed by atoms with Crippen molar-refractivity contribution in [1.29, 1.82) is 0 Å². The Kier molecular flexibility index (Phi) is 4.59. The summed E-state index contributed by atoms with van der Waals surface area (Å²) in [6.45, 7) is 3.44. The number of sulfonamides is 1. The average Bonchev–Trinajstić information content (AvgIpc) is 2.15. The Morgan fingerprint density at radius 3 is 2.12 bits per heavy atom. The zero-order valence-electron chi connectivity index (χ0n) is 9.65. The highest BCUT2D eigenvalue weighted by atomic mass is 32.2. The van der Waals surface area contributed by atoms with Crippen LogP contribution in [0.15, 0.2) is 24.3 Å². The molecule has 0 radical (unpaired) electrons. The van der Waals surface area contributed by atoms with Gasteiger partial charge in [0.1, 0.15) is 0 Å². The van der Waals surface area contributed by atoms with Gasteiger partial charge in [0.25, 0.3) is 6.43 Å². The molecule has 0 atom stereocenters. The van der Waals surface area contributed by atoms with E-state index in [1.807, 2.05) is 0 Å². The van der Waals surface area contributed by atoms with Crippen LogP contribution in [-0.4, -0.2) is 14.5 Å². The van der Waals surface area contributed by atoms with Gasteiger partial charge in [-0.1, -0.05) is 24.3 Å². The number of hydrogen-bond acceptors (Lipinski definition) is 2. The van der Waals surface area contributed by atoms with Crippen molar-refractivity contribution in [1.82, 2.24) is 4.72 Å². The van der Waals surface area contributed by atoms with Crippen LogP contribution in [0.2, 0.25) is 0 Å². The number of nitrogens with one attached hydrogen (secondary N) is 1. The molecule has 1 aromatic carbocycles. The second kappa shape index (κ2) is 5.55. The van der Waals surface area contributed by atoms with Gasteiger partial charge in [0.2, 0.25) is 10.0 Å². The molecular weight excluding hydrogens is 248 g/mol. The van der Waals surface area contributed by atoms with Crippen LogP contribution in [0.4, 0.5) is 8.78 Å². The smallest absolute Gasteiger partial charge is 0.212 e. The molecule has 0 aliphatic heterocycles. The molecule has 17 heavy (non-hydrogen) atoms. The van der Waals surface area contributed by atoms with Gasteiger partial charge in [0.05, 0.1) is 5.75 Å². The third-order valence-electron chi connectivity index (χ3n) is 2.00. The van der Waals surface area contributed by atoms with Gasteiger partial charge >= 0.3 is 0 Å². The molecule has 0 aliphatic rings. The van der Waals surface area contributed by atoms with Gasteiger partial charge in [0, 0.05) is 11.6 Å². The molecule has 1 N–H and O–H groups in total. The third kappa shape index (κ3) is 4.79. The number of benzene rings is 1. The summed E-state index contributed by atoms with van der Waals surface area (Å²) in [5.41, 5.74) is 0.380. The number of halogens is 2. The summed E-state index contributed by atoms with van der Waals surface area (Å²) < 4.78 is 50.1. The minimum Gasteiger partial charge on any atom is -0.212 e. The Balaban J connectivity index is 2.76. The van der Waals surface area contributed by atoms with E-state index in [4.69, 9.17) is 0 Å². The largest absolute Gasteiger partial charge is 0.263 e. The Hall–Kier alpha value is -1.01. The van der Waals surface area contributed by atoms with Crippen molar-refractivity contribution in [3.05, 3.63) is 35.4 Å². The van der Waals surface area contributed by atoms with E-state index in [0.717, 1.165) is 0 Å². The second-order valence-electron chi connectivity index (χ2n) is 4.07. The van der Waals surface area contributed by atoms with Crippen molar-refractivity contribution in [3.8, 4) is 0 Å². The Labute approximate surface area is 99.9 Å². The van der Waals surface area contributed by atoms with E-state index in [1.54, 1.807) is 13.8 Å². The molecule has 0 aromatic heterocycles. The van der Waals surface area contributed by atoms with Crippen molar-refractivity contribution < 1.29 is 17.2 Å². The van der Waals surface area contributed by atoms with Crippen LogP contribution < -0.4 is 4.72 Å². The fourth-order valence-corrected chi connectivity index (χ4v) is 2.81. The van der Waals surface area contributed by atoms with Gasteiger partial charge in [0.15, 0.2) is 0 Å².